The molecular formula is C2H2FO3Sb. The maximum absolute atomic E-state index is 11.0. The van der Waals surface area contributed by atoms with Crippen molar-refractivity contribution in [2.45, 2.75) is 0 Å². The molecule has 0 aromatic rings. The summed E-state index contributed by atoms with van der Waals surface area (Å²) in [6, 6.07) is -2.03. The van der Waals surface area contributed by atoms with Gasteiger partial charge in [-0.3, -0.25) is 0 Å². The minimum atomic E-state index is -2.03. The average Bonchev–Trinajstić information content (AvgIpc) is 1.65. The molecule has 7 heavy (non-hydrogen) atoms. The van der Waals surface area contributed by atoms with Crippen molar-refractivity contribution in [3.05, 3.63) is 0 Å². The molecule has 0 heterocycles. The van der Waals surface area contributed by atoms with Gasteiger partial charge in [-0.2, -0.15) is 0 Å². The number of carbonyl (C=O) groups excluding carboxylic acids is 2. The van der Waals surface area contributed by atoms with E-state index in [1.165, 1.54) is 0 Å². The van der Waals surface area contributed by atoms with E-state index in [1.54, 1.807) is 0 Å². The summed E-state index contributed by atoms with van der Waals surface area (Å²) in [5, 5.41) is 0. The van der Waals surface area contributed by atoms with Crippen LogP contribution in [0.3, 0.4) is 0 Å². The van der Waals surface area contributed by atoms with Crippen LogP contribution in [-0.2, 0) is 12.6 Å². The van der Waals surface area contributed by atoms with Crippen LogP contribution in [0.25, 0.3) is 0 Å². The van der Waals surface area contributed by atoms with Gasteiger partial charge < -0.3 is 0 Å². The Balaban J connectivity index is 3.58. The van der Waals surface area contributed by atoms with Crippen LogP contribution >= 0.6 is 0 Å². The molecule has 0 spiro atoms. The van der Waals surface area contributed by atoms with Crippen LogP contribution in [0.2, 0.25) is 0 Å². The van der Waals surface area contributed by atoms with Gasteiger partial charge >= 0.3 is 52.4 Å². The predicted octanol–water partition coefficient (Wildman–Crippen LogP) is -1.43. The third-order valence-corrected chi connectivity index (χ3v) is 0.879. The molecule has 0 aromatic carbocycles. The molecule has 0 aliphatic rings. The van der Waals surface area contributed by atoms with Gasteiger partial charge in [-0.25, -0.2) is 0 Å². The molecular weight excluding hydrogens is 213 g/mol. The predicted molar refractivity (Wildman–Crippen MR) is 20.8 cm³/mol. The molecule has 0 aliphatic heterocycles. The zero-order chi connectivity index (χ0) is 5.86. The van der Waals surface area contributed by atoms with E-state index in [9.17, 15) is 14.0 Å². The summed E-state index contributed by atoms with van der Waals surface area (Å²) >= 11 is 0.116. The number of rotatable bonds is 1. The van der Waals surface area contributed by atoms with E-state index < -0.39 is 12.0 Å². The topological polar surface area (TPSA) is 43.4 Å². The van der Waals surface area contributed by atoms with E-state index in [2.05, 4.69) is 3.02 Å². The molecule has 0 aromatic heterocycles. The number of carbonyl (C=O) groups is 2. The van der Waals surface area contributed by atoms with Gasteiger partial charge in [0.05, 0.1) is 0 Å². The van der Waals surface area contributed by atoms with Crippen molar-refractivity contribution in [3.8, 4) is 0 Å². The summed E-state index contributed by atoms with van der Waals surface area (Å²) in [6.07, 6.45) is 0. The van der Waals surface area contributed by atoms with E-state index in [1.807, 2.05) is 0 Å². The molecule has 3 nitrogen and oxygen atoms in total. The van der Waals surface area contributed by atoms with Crippen molar-refractivity contribution >= 4 is 35.4 Å². The molecule has 0 amide bonds. The molecule has 0 radical (unpaired) electrons. The molecule has 40 valence electrons. The SMILES string of the molecule is O=C(F)C(=O)[O][SbH2]. The summed E-state index contributed by atoms with van der Waals surface area (Å²) in [5.74, 6) is -1.40. The van der Waals surface area contributed by atoms with Crippen molar-refractivity contribution in [1.29, 1.82) is 0 Å². The van der Waals surface area contributed by atoms with E-state index in [0.717, 1.165) is 0 Å². The number of halogens is 1. The quantitative estimate of drug-likeness (QED) is 0.306. The third kappa shape index (κ3) is 2.57. The van der Waals surface area contributed by atoms with Crippen molar-refractivity contribution in [3.63, 3.8) is 0 Å². The summed E-state index contributed by atoms with van der Waals surface area (Å²) in [4.78, 5) is 18.9. The van der Waals surface area contributed by atoms with Crippen LogP contribution < -0.4 is 0 Å². The zero-order valence-corrected chi connectivity index (χ0v) is 6.48. The van der Waals surface area contributed by atoms with Crippen LogP contribution in [0.4, 0.5) is 4.39 Å². The molecule has 0 atom stereocenters. The van der Waals surface area contributed by atoms with E-state index in [4.69, 9.17) is 0 Å². The van der Waals surface area contributed by atoms with Crippen LogP contribution in [0, 0.1) is 0 Å². The molecule has 5 heteroatoms. The van der Waals surface area contributed by atoms with Gasteiger partial charge in [0.1, 0.15) is 0 Å². The first-order chi connectivity index (χ1) is 3.18. The third-order valence-electron chi connectivity index (χ3n) is 0.268. The fraction of sp³-hybridized carbons (Fsp3) is 0. The molecule has 0 rings (SSSR count). The van der Waals surface area contributed by atoms with Crippen LogP contribution in [-0.4, -0.2) is 35.4 Å². The molecule has 0 bridgehead atoms. The van der Waals surface area contributed by atoms with Crippen molar-refractivity contribution in [2.75, 3.05) is 0 Å². The van der Waals surface area contributed by atoms with Crippen molar-refractivity contribution in [2.24, 2.45) is 0 Å². The Kier molecular flexibility index (Phi) is 2.92. The second-order valence-corrected chi connectivity index (χ2v) is 1.35. The van der Waals surface area contributed by atoms with Gasteiger partial charge in [0.2, 0.25) is 0 Å². The van der Waals surface area contributed by atoms with Crippen molar-refractivity contribution < 1.29 is 17.0 Å². The summed E-state index contributed by atoms with van der Waals surface area (Å²) in [5.41, 5.74) is 0. The van der Waals surface area contributed by atoms with Crippen LogP contribution in [0.15, 0.2) is 0 Å². The molecule has 0 aliphatic carbocycles. The van der Waals surface area contributed by atoms with Gasteiger partial charge in [0.15, 0.2) is 0 Å². The molecule has 0 unspecified atom stereocenters. The van der Waals surface area contributed by atoms with Gasteiger partial charge in [-0.15, -0.1) is 0 Å². The fourth-order valence-electron chi connectivity index (χ4n) is 0.0463. The Morgan fingerprint density at radius 3 is 2.00 bits per heavy atom. The number of hydrogen-bond donors (Lipinski definition) is 0. The summed E-state index contributed by atoms with van der Waals surface area (Å²) < 4.78 is 14.8. The molecule has 0 saturated carbocycles. The van der Waals surface area contributed by atoms with Crippen molar-refractivity contribution in [1.82, 2.24) is 0 Å². The first kappa shape index (κ1) is 6.89. The van der Waals surface area contributed by atoms with E-state index in [0.29, 0.717) is 0 Å². The van der Waals surface area contributed by atoms with E-state index >= 15 is 0 Å². The Hall–Kier alpha value is -0.112. The summed E-state index contributed by atoms with van der Waals surface area (Å²) in [7, 11) is 0. The second kappa shape index (κ2) is 2.97. The molecule has 0 saturated heterocycles. The Bertz CT molecular complexity index is 101. The van der Waals surface area contributed by atoms with Gasteiger partial charge in [-0.1, -0.05) is 0 Å². The van der Waals surface area contributed by atoms with Gasteiger partial charge in [0, 0.05) is 0 Å². The normalized spacial score (nSPS) is 7.71. The average molecular weight is 215 g/mol. The first-order valence-corrected chi connectivity index (χ1v) is 2.63. The van der Waals surface area contributed by atoms with E-state index in [-0.39, 0.29) is 23.4 Å². The minimum absolute atomic E-state index is 0.116. The molecule has 0 fully saturated rings. The van der Waals surface area contributed by atoms with Crippen LogP contribution in [0.1, 0.15) is 0 Å². The van der Waals surface area contributed by atoms with Gasteiger partial charge in [-0.05, 0) is 0 Å². The van der Waals surface area contributed by atoms with Crippen LogP contribution in [0.5, 0.6) is 0 Å². The Morgan fingerprint density at radius 2 is 2.00 bits per heavy atom. The van der Waals surface area contributed by atoms with Gasteiger partial charge in [0.25, 0.3) is 0 Å². The summed E-state index contributed by atoms with van der Waals surface area (Å²) in [6.45, 7) is 0. The second-order valence-electron chi connectivity index (χ2n) is 0.679. The molecule has 0 N–H and O–H groups in total. The Labute approximate surface area is 52.9 Å². The first-order valence-electron chi connectivity index (χ1n) is 1.29. The Morgan fingerprint density at radius 1 is 1.57 bits per heavy atom. The standard InChI is InChI=1S/C2HFO3.Sb.2H/c3-1(4)2(5)6;;;/h(H,5,6);;;/q;+1;;/p-1. The monoisotopic (exact) mass is 214 g/mol. The fourth-order valence-corrected chi connectivity index (χ4v) is 0.311. The number of hydrogen-bond acceptors (Lipinski definition) is 3. The zero-order valence-electron chi connectivity index (χ0n) is 3.18. The maximum atomic E-state index is 11.0.